The second kappa shape index (κ2) is 45.5. The Kier molecular flexibility index (Phi) is 41.8. The Labute approximate surface area is 474 Å². The topological polar surface area (TPSA) is 31.8 Å². The van der Waals surface area contributed by atoms with Crippen molar-refractivity contribution in [1.82, 2.24) is 7.96 Å². The van der Waals surface area contributed by atoms with Gasteiger partial charge in [-0.2, -0.15) is 0 Å². The van der Waals surface area contributed by atoms with Gasteiger partial charge in [-0.3, -0.25) is 0 Å². The van der Waals surface area contributed by atoms with Crippen LogP contribution in [0.3, 0.4) is 0 Å². The van der Waals surface area contributed by atoms with Crippen molar-refractivity contribution in [3.63, 3.8) is 0 Å². The molecule has 0 saturated carbocycles. The first-order chi connectivity index (χ1) is 36.7. The van der Waals surface area contributed by atoms with Crippen molar-refractivity contribution in [2.75, 3.05) is 26.2 Å². The fourth-order valence-electron chi connectivity index (χ4n) is 10.9. The van der Waals surface area contributed by atoms with Gasteiger partial charge < -0.3 is 5.53 Å². The summed E-state index contributed by atoms with van der Waals surface area (Å²) >= 11 is 1.67. The standard InChI is InChI=1S/C62H102N2.2C4H10N.Ni/c1-8-15-22-25-28-29-30-31-32-33-34-37-44-56-51-61(57-47-52(40-18-11-4)59(53(48-57)41-19-12-5)45-38-35-26-23-16-9-2)64(63)62(56)58-49-54(42-20-13-6)60(55(50-58)43-21-14-7)46-39-36-27-24-17-10-3;2*1-3-5-4-2;/h37,44,47-51H,8-36,38-43,45-46H2,1-7H3;2*3-4H2,1-2H3;/q;2*-1;+2. The summed E-state index contributed by atoms with van der Waals surface area (Å²) in [6.45, 7) is 29.6. The van der Waals surface area contributed by atoms with Crippen LogP contribution in [0.4, 0.5) is 0 Å². The zero-order valence-corrected chi connectivity index (χ0v) is 52.6. The molecule has 0 amide bonds. The third-order valence-electron chi connectivity index (χ3n) is 15.7. The zero-order valence-electron chi connectivity index (χ0n) is 51.6. The molecule has 432 valence electrons. The van der Waals surface area contributed by atoms with Crippen LogP contribution in [0.1, 0.15) is 320 Å². The molecule has 0 N–H and O–H groups in total. The number of nitrogens with zero attached hydrogens (tertiary/aromatic N) is 4. The van der Waals surface area contributed by atoms with Crippen LogP contribution in [0.25, 0.3) is 16.9 Å². The third-order valence-corrected chi connectivity index (χ3v) is 17.5. The Morgan fingerprint density at radius 3 is 1.05 bits per heavy atom. The zero-order chi connectivity index (χ0) is 54.7. The molecule has 0 aliphatic carbocycles. The summed E-state index contributed by atoms with van der Waals surface area (Å²) < 4.78 is 6.37. The molecule has 0 atom stereocenters. The second-order valence-corrected chi connectivity index (χ2v) is 23.6. The van der Waals surface area contributed by atoms with Crippen molar-refractivity contribution in [3.8, 4) is 0 Å². The Hall–Kier alpha value is -2.33. The van der Waals surface area contributed by atoms with Crippen molar-refractivity contribution in [1.29, 1.82) is 0 Å². The third kappa shape index (κ3) is 27.9. The summed E-state index contributed by atoms with van der Waals surface area (Å²) in [4.78, 5) is 0. The van der Waals surface area contributed by atoms with Gasteiger partial charge in [-0.25, -0.2) is 4.70 Å². The molecule has 5 heteroatoms. The first-order valence-corrected chi connectivity index (χ1v) is 33.6. The van der Waals surface area contributed by atoms with E-state index in [0.29, 0.717) is 0 Å². The van der Waals surface area contributed by atoms with Crippen LogP contribution in [0.15, 0.2) is 48.1 Å². The molecule has 0 unspecified atom stereocenters. The molecule has 0 aromatic heterocycles. The van der Waals surface area contributed by atoms with Crippen LogP contribution in [-0.4, -0.2) is 38.8 Å². The first-order valence-electron chi connectivity index (χ1n) is 32.8. The van der Waals surface area contributed by atoms with E-state index in [1.165, 1.54) is 239 Å². The normalized spacial score (nSPS) is 12.9. The van der Waals surface area contributed by atoms with Gasteiger partial charge in [0.05, 0.1) is 5.57 Å². The number of allylic oxidation sites excluding steroid dienone is 4. The van der Waals surface area contributed by atoms with Gasteiger partial charge in [-0.1, -0.05) is 208 Å². The average Bonchev–Trinajstić information content (AvgIpc) is 3.76. The Morgan fingerprint density at radius 2 is 0.707 bits per heavy atom. The van der Waals surface area contributed by atoms with E-state index in [2.05, 4.69) is 127 Å². The van der Waals surface area contributed by atoms with Gasteiger partial charge in [0.25, 0.3) is 0 Å². The molecule has 0 fully saturated rings. The summed E-state index contributed by atoms with van der Waals surface area (Å²) in [7, 11) is 0. The summed E-state index contributed by atoms with van der Waals surface area (Å²) in [6.07, 6.45) is 54.4. The predicted molar refractivity (Wildman–Crippen MR) is 331 cm³/mol. The minimum absolute atomic E-state index is 0.955. The van der Waals surface area contributed by atoms with E-state index in [1.54, 1.807) is 30.7 Å². The molecule has 2 aromatic carbocycles. The van der Waals surface area contributed by atoms with Crippen molar-refractivity contribution in [2.45, 2.75) is 314 Å². The molecular formula is C70H122N4Ni. The van der Waals surface area contributed by atoms with Crippen LogP contribution in [0.5, 0.6) is 0 Å². The van der Waals surface area contributed by atoms with Gasteiger partial charge in [0.15, 0.2) is 0 Å². The van der Waals surface area contributed by atoms with Gasteiger partial charge in [0, 0.05) is 17.2 Å². The van der Waals surface area contributed by atoms with Crippen molar-refractivity contribution >= 4 is 11.4 Å². The van der Waals surface area contributed by atoms with Crippen molar-refractivity contribution in [3.05, 3.63) is 98.1 Å². The number of rotatable bonds is 46. The maximum atomic E-state index is 12.7. The fraction of sp³-hybridized carbons (Fsp3) is 0.743. The molecule has 0 bridgehead atoms. The van der Waals surface area contributed by atoms with Gasteiger partial charge in [-0.15, -0.1) is 0 Å². The predicted octanol–water partition coefficient (Wildman–Crippen LogP) is 22.1. The summed E-state index contributed by atoms with van der Waals surface area (Å²) in [5.41, 5.74) is 27.6. The molecule has 0 radical (unpaired) electrons. The second-order valence-electron chi connectivity index (χ2n) is 22.2. The van der Waals surface area contributed by atoms with Gasteiger partial charge in [-0.05, 0) is 148 Å². The Balaban J connectivity index is 0.00000156. The van der Waals surface area contributed by atoms with Crippen molar-refractivity contribution < 1.29 is 19.6 Å². The number of unbranched alkanes of at least 4 members (excludes halogenated alkanes) is 24. The van der Waals surface area contributed by atoms with E-state index in [0.717, 1.165) is 75.3 Å². The fourth-order valence-corrected chi connectivity index (χ4v) is 11.9. The van der Waals surface area contributed by atoms with Crippen LogP contribution in [-0.2, 0) is 53.4 Å². The molecule has 1 aliphatic heterocycles. The monoisotopic (exact) mass is 1080 g/mol. The SMILES string of the molecule is CCCCCCCCCCCCC=CC1=C(c2cc(CCCC)c(CCCCCCCC)c(CCCC)c2)[N+](=[N-])C(c2cc(CCCC)c(CCCCCCCC)c(CCCC)c2)=C1.CC[N](CC)[Ni][N](CC)CC. The number of hydrogen-bond donors (Lipinski definition) is 0. The molecule has 1 aliphatic rings. The van der Waals surface area contributed by atoms with Gasteiger partial charge in [0.2, 0.25) is 11.4 Å². The number of benzene rings is 2. The minimum atomic E-state index is 0.955. The van der Waals surface area contributed by atoms with E-state index in [9.17, 15) is 5.53 Å². The molecular weight excluding hydrogens is 955 g/mol. The van der Waals surface area contributed by atoms with E-state index < -0.39 is 0 Å². The molecule has 0 spiro atoms. The van der Waals surface area contributed by atoms with E-state index in [1.807, 2.05) is 0 Å². The van der Waals surface area contributed by atoms with Crippen LogP contribution < -0.4 is 0 Å². The quantitative estimate of drug-likeness (QED) is 0.0376. The van der Waals surface area contributed by atoms with Gasteiger partial charge >= 0.3 is 76.7 Å². The number of aryl methyl sites for hydroxylation is 4. The Morgan fingerprint density at radius 1 is 0.387 bits per heavy atom. The van der Waals surface area contributed by atoms with Crippen LogP contribution >= 0.6 is 0 Å². The summed E-state index contributed by atoms with van der Waals surface area (Å²) in [6, 6.07) is 9.99. The van der Waals surface area contributed by atoms with E-state index >= 15 is 0 Å². The van der Waals surface area contributed by atoms with Crippen molar-refractivity contribution in [2.24, 2.45) is 0 Å². The molecule has 4 nitrogen and oxygen atoms in total. The Bertz CT molecular complexity index is 1780. The van der Waals surface area contributed by atoms with E-state index in [-0.39, 0.29) is 0 Å². The van der Waals surface area contributed by atoms with Crippen LogP contribution in [0.2, 0.25) is 0 Å². The molecule has 0 saturated heterocycles. The van der Waals surface area contributed by atoms with Crippen LogP contribution in [0, 0.1) is 0 Å². The molecule has 1 heterocycles. The summed E-state index contributed by atoms with van der Waals surface area (Å²) in [5, 5.41) is 0. The average molecular weight is 1080 g/mol. The first kappa shape index (κ1) is 68.8. The number of hydrogen-bond acceptors (Lipinski definition) is 2. The van der Waals surface area contributed by atoms with E-state index in [4.69, 9.17) is 0 Å². The maximum absolute atomic E-state index is 12.7. The summed E-state index contributed by atoms with van der Waals surface area (Å²) in [5.74, 6) is 0. The molecule has 2 aromatic rings. The molecule has 75 heavy (non-hydrogen) atoms. The van der Waals surface area contributed by atoms with Gasteiger partial charge in [0.1, 0.15) is 0 Å². The molecule has 3 rings (SSSR count).